The third-order valence-corrected chi connectivity index (χ3v) is 4.03. The highest BCUT2D eigenvalue weighted by atomic mass is 16.2. The van der Waals surface area contributed by atoms with Gasteiger partial charge in [0.25, 0.3) is 0 Å². The lowest BCUT2D eigenvalue weighted by molar-refractivity contribution is -0.115. The Labute approximate surface area is 107 Å². The van der Waals surface area contributed by atoms with Crippen LogP contribution in [0.1, 0.15) is 13.3 Å². The highest BCUT2D eigenvalue weighted by Crippen LogP contribution is 2.33. The molecular formula is C14H19N3O. The van der Waals surface area contributed by atoms with E-state index < -0.39 is 0 Å². The van der Waals surface area contributed by atoms with Crippen molar-refractivity contribution in [2.75, 3.05) is 29.9 Å². The lowest BCUT2D eigenvalue weighted by Gasteiger charge is -2.37. The van der Waals surface area contributed by atoms with Crippen LogP contribution in [0.2, 0.25) is 0 Å². The second-order valence-corrected chi connectivity index (χ2v) is 5.09. The van der Waals surface area contributed by atoms with E-state index in [2.05, 4.69) is 28.5 Å². The molecule has 2 aliphatic heterocycles. The molecule has 1 saturated heterocycles. The van der Waals surface area contributed by atoms with E-state index in [1.165, 1.54) is 0 Å². The predicted molar refractivity (Wildman–Crippen MR) is 72.9 cm³/mol. The topological polar surface area (TPSA) is 44.4 Å². The molecule has 1 aromatic rings. The molecule has 1 amide bonds. The molecule has 2 heterocycles. The highest BCUT2D eigenvalue weighted by Gasteiger charge is 2.34. The van der Waals surface area contributed by atoms with Gasteiger partial charge in [-0.3, -0.25) is 4.79 Å². The molecule has 2 atom stereocenters. The van der Waals surface area contributed by atoms with Gasteiger partial charge in [-0.15, -0.1) is 0 Å². The van der Waals surface area contributed by atoms with E-state index in [4.69, 9.17) is 0 Å². The Morgan fingerprint density at radius 1 is 1.33 bits per heavy atom. The molecule has 3 rings (SSSR count). The second kappa shape index (κ2) is 4.61. The Hall–Kier alpha value is -1.55. The molecule has 96 valence electrons. The summed E-state index contributed by atoms with van der Waals surface area (Å²) >= 11 is 0. The number of para-hydroxylation sites is 2. The second-order valence-electron chi connectivity index (χ2n) is 5.09. The van der Waals surface area contributed by atoms with Gasteiger partial charge in [0.05, 0.1) is 17.9 Å². The zero-order chi connectivity index (χ0) is 12.5. The molecule has 0 aliphatic carbocycles. The van der Waals surface area contributed by atoms with Crippen molar-refractivity contribution in [3.8, 4) is 0 Å². The number of hydrogen-bond donors (Lipinski definition) is 2. The van der Waals surface area contributed by atoms with Crippen molar-refractivity contribution in [1.29, 1.82) is 0 Å². The molecule has 18 heavy (non-hydrogen) atoms. The van der Waals surface area contributed by atoms with Crippen LogP contribution in [0.4, 0.5) is 11.4 Å². The monoisotopic (exact) mass is 245 g/mol. The van der Waals surface area contributed by atoms with Gasteiger partial charge in [0.1, 0.15) is 0 Å². The maximum atomic E-state index is 11.8. The number of carbonyl (C=O) groups excluding carboxylic acids is 1. The van der Waals surface area contributed by atoms with E-state index in [1.54, 1.807) is 0 Å². The van der Waals surface area contributed by atoms with Crippen LogP contribution in [0.25, 0.3) is 0 Å². The van der Waals surface area contributed by atoms with Crippen molar-refractivity contribution in [2.45, 2.75) is 19.4 Å². The summed E-state index contributed by atoms with van der Waals surface area (Å²) in [5, 5.41) is 6.39. The predicted octanol–water partition coefficient (Wildman–Crippen LogP) is 1.44. The molecule has 4 nitrogen and oxygen atoms in total. The molecule has 0 spiro atoms. The van der Waals surface area contributed by atoms with Gasteiger partial charge in [0, 0.05) is 19.1 Å². The van der Waals surface area contributed by atoms with Gasteiger partial charge in [-0.25, -0.2) is 0 Å². The van der Waals surface area contributed by atoms with Gasteiger partial charge in [0.15, 0.2) is 0 Å². The molecule has 0 radical (unpaired) electrons. The first-order valence-electron chi connectivity index (χ1n) is 6.66. The first-order valence-corrected chi connectivity index (χ1v) is 6.66. The summed E-state index contributed by atoms with van der Waals surface area (Å²) in [5.74, 6) is 0.722. The fraction of sp³-hybridized carbons (Fsp3) is 0.500. The number of hydrogen-bond acceptors (Lipinski definition) is 3. The van der Waals surface area contributed by atoms with Crippen molar-refractivity contribution < 1.29 is 4.79 Å². The van der Waals surface area contributed by atoms with Gasteiger partial charge >= 0.3 is 0 Å². The first kappa shape index (κ1) is 11.5. The van der Waals surface area contributed by atoms with Crippen LogP contribution in [0.15, 0.2) is 24.3 Å². The lowest BCUT2D eigenvalue weighted by atomic mass is 9.97. The van der Waals surface area contributed by atoms with Crippen LogP contribution >= 0.6 is 0 Å². The fourth-order valence-corrected chi connectivity index (χ4v) is 3.06. The van der Waals surface area contributed by atoms with Crippen LogP contribution < -0.4 is 15.5 Å². The maximum absolute atomic E-state index is 11.8. The number of nitrogens with one attached hydrogen (secondary N) is 2. The molecule has 0 saturated carbocycles. The number of carbonyl (C=O) groups is 1. The Morgan fingerprint density at radius 3 is 3.00 bits per heavy atom. The van der Waals surface area contributed by atoms with Crippen molar-refractivity contribution in [1.82, 2.24) is 5.32 Å². The fourth-order valence-electron chi connectivity index (χ4n) is 3.06. The Balaban J connectivity index is 1.94. The SMILES string of the molecule is CCC1CNCC1N1CC(=O)Nc2ccccc21. The number of rotatable bonds is 2. The minimum absolute atomic E-state index is 0.0930. The summed E-state index contributed by atoms with van der Waals surface area (Å²) in [4.78, 5) is 14.1. The molecule has 2 unspecified atom stereocenters. The average molecular weight is 245 g/mol. The van der Waals surface area contributed by atoms with E-state index >= 15 is 0 Å². The Kier molecular flexibility index (Phi) is 2.96. The minimum atomic E-state index is 0.0930. The largest absolute Gasteiger partial charge is 0.356 e. The number of nitrogens with zero attached hydrogens (tertiary/aromatic N) is 1. The smallest absolute Gasteiger partial charge is 0.243 e. The molecule has 1 fully saturated rings. The summed E-state index contributed by atoms with van der Waals surface area (Å²) in [6, 6.07) is 8.50. The Bertz CT molecular complexity index is 460. The third kappa shape index (κ3) is 1.86. The zero-order valence-corrected chi connectivity index (χ0v) is 10.6. The van der Waals surface area contributed by atoms with Crippen molar-refractivity contribution in [3.05, 3.63) is 24.3 Å². The molecule has 0 aromatic heterocycles. The summed E-state index contributed by atoms with van der Waals surface area (Å²) < 4.78 is 0. The van der Waals surface area contributed by atoms with Crippen LogP contribution in [-0.2, 0) is 4.79 Å². The van der Waals surface area contributed by atoms with E-state index in [0.29, 0.717) is 18.5 Å². The van der Waals surface area contributed by atoms with Gasteiger partial charge in [-0.05, 0) is 18.1 Å². The van der Waals surface area contributed by atoms with Crippen LogP contribution in [-0.4, -0.2) is 31.6 Å². The van der Waals surface area contributed by atoms with E-state index in [-0.39, 0.29) is 5.91 Å². The van der Waals surface area contributed by atoms with Crippen molar-refractivity contribution in [2.24, 2.45) is 5.92 Å². The van der Waals surface area contributed by atoms with Crippen molar-refractivity contribution in [3.63, 3.8) is 0 Å². The average Bonchev–Trinajstić information content (AvgIpc) is 2.85. The van der Waals surface area contributed by atoms with Crippen LogP contribution in [0.5, 0.6) is 0 Å². The van der Waals surface area contributed by atoms with Crippen LogP contribution in [0.3, 0.4) is 0 Å². The molecule has 2 N–H and O–H groups in total. The number of benzene rings is 1. The number of fused-ring (bicyclic) bond motifs is 1. The van der Waals surface area contributed by atoms with Gasteiger partial charge in [0.2, 0.25) is 5.91 Å². The number of anilines is 2. The third-order valence-electron chi connectivity index (χ3n) is 4.03. The number of amides is 1. The lowest BCUT2D eigenvalue weighted by Crippen LogP contribution is -2.48. The molecule has 4 heteroatoms. The minimum Gasteiger partial charge on any atom is -0.356 e. The van der Waals surface area contributed by atoms with E-state index in [1.807, 2.05) is 18.2 Å². The zero-order valence-electron chi connectivity index (χ0n) is 10.6. The van der Waals surface area contributed by atoms with Gasteiger partial charge in [-0.2, -0.15) is 0 Å². The van der Waals surface area contributed by atoms with E-state index in [0.717, 1.165) is 30.9 Å². The summed E-state index contributed by atoms with van der Waals surface area (Å²) in [6.07, 6.45) is 1.15. The van der Waals surface area contributed by atoms with Crippen molar-refractivity contribution >= 4 is 17.3 Å². The normalized spacial score (nSPS) is 26.9. The standard InChI is InChI=1S/C14H19N3O/c1-2-10-7-15-8-13(10)17-9-14(18)16-11-5-3-4-6-12(11)17/h3-6,10,13,15H,2,7-9H2,1H3,(H,16,18). The first-order chi connectivity index (χ1) is 8.79. The molecular weight excluding hydrogens is 226 g/mol. The molecule has 1 aromatic carbocycles. The van der Waals surface area contributed by atoms with E-state index in [9.17, 15) is 4.79 Å². The summed E-state index contributed by atoms with van der Waals surface area (Å²) in [7, 11) is 0. The van der Waals surface area contributed by atoms with Crippen LogP contribution in [0, 0.1) is 5.92 Å². The maximum Gasteiger partial charge on any atom is 0.243 e. The molecule has 2 aliphatic rings. The highest BCUT2D eigenvalue weighted by molar-refractivity contribution is 6.01. The quantitative estimate of drug-likeness (QED) is 0.828. The summed E-state index contributed by atoms with van der Waals surface area (Å²) in [5.41, 5.74) is 2.10. The molecule has 0 bridgehead atoms. The van der Waals surface area contributed by atoms with Gasteiger partial charge < -0.3 is 15.5 Å². The Morgan fingerprint density at radius 2 is 2.17 bits per heavy atom. The van der Waals surface area contributed by atoms with Gasteiger partial charge in [-0.1, -0.05) is 25.5 Å². The summed E-state index contributed by atoms with van der Waals surface area (Å²) in [6.45, 7) is 4.72.